The maximum atomic E-state index is 12.8. The molecule has 1 heterocycles. The molecule has 5 heteroatoms. The number of benzene rings is 1. The Morgan fingerprint density at radius 1 is 1.23 bits per heavy atom. The summed E-state index contributed by atoms with van der Waals surface area (Å²) >= 11 is 0. The quantitative estimate of drug-likeness (QED) is 0.599. The number of ketones is 1. The highest BCUT2D eigenvalue weighted by Crippen LogP contribution is 2.19. The van der Waals surface area contributed by atoms with Crippen LogP contribution in [0.5, 0.6) is 0 Å². The molecule has 2 rings (SSSR count). The number of hydrogen-bond donors (Lipinski definition) is 0. The Balaban J connectivity index is 1.68. The molecular weight excluding hydrogens is 285 g/mol. The van der Waals surface area contributed by atoms with Crippen LogP contribution in [0.25, 0.3) is 0 Å². The number of carbonyl (C=O) groups is 2. The van der Waals surface area contributed by atoms with E-state index in [1.165, 1.54) is 31.4 Å². The maximum Gasteiger partial charge on any atom is 0.308 e. The van der Waals surface area contributed by atoms with Crippen LogP contribution in [0, 0.1) is 11.7 Å². The second-order valence-electron chi connectivity index (χ2n) is 5.67. The van der Waals surface area contributed by atoms with Crippen molar-refractivity contribution in [3.05, 3.63) is 35.6 Å². The molecule has 0 N–H and O–H groups in total. The van der Waals surface area contributed by atoms with E-state index in [1.807, 2.05) is 0 Å². The van der Waals surface area contributed by atoms with Crippen LogP contribution in [0.1, 0.15) is 36.0 Å². The molecule has 120 valence electrons. The highest BCUT2D eigenvalue weighted by Gasteiger charge is 2.25. The SMILES string of the molecule is COC(=O)C1CCN(CCCC(=O)c2ccc(F)cc2)CC1. The van der Waals surface area contributed by atoms with Crippen LogP contribution in [0.2, 0.25) is 0 Å². The van der Waals surface area contributed by atoms with Gasteiger partial charge in [-0.3, -0.25) is 9.59 Å². The zero-order valence-electron chi connectivity index (χ0n) is 12.9. The summed E-state index contributed by atoms with van der Waals surface area (Å²) in [5, 5.41) is 0. The summed E-state index contributed by atoms with van der Waals surface area (Å²) in [5.41, 5.74) is 0.561. The molecule has 1 fully saturated rings. The second-order valence-corrected chi connectivity index (χ2v) is 5.67. The lowest BCUT2D eigenvalue weighted by atomic mass is 9.96. The number of halogens is 1. The van der Waals surface area contributed by atoms with E-state index in [2.05, 4.69) is 4.90 Å². The van der Waals surface area contributed by atoms with Gasteiger partial charge in [0, 0.05) is 12.0 Å². The number of methoxy groups -OCH3 is 1. The van der Waals surface area contributed by atoms with Crippen molar-refractivity contribution in [2.45, 2.75) is 25.7 Å². The fourth-order valence-electron chi connectivity index (χ4n) is 2.80. The summed E-state index contributed by atoms with van der Waals surface area (Å²) in [5.74, 6) is -0.386. The molecule has 22 heavy (non-hydrogen) atoms. The van der Waals surface area contributed by atoms with Gasteiger partial charge < -0.3 is 9.64 Å². The van der Waals surface area contributed by atoms with Crippen LogP contribution in [0.4, 0.5) is 4.39 Å². The number of hydrogen-bond acceptors (Lipinski definition) is 4. The van der Waals surface area contributed by atoms with Gasteiger partial charge in [-0.2, -0.15) is 0 Å². The summed E-state index contributed by atoms with van der Waals surface area (Å²) < 4.78 is 17.6. The lowest BCUT2D eigenvalue weighted by Crippen LogP contribution is -2.37. The molecule has 1 aromatic rings. The molecule has 0 saturated carbocycles. The Kier molecular flexibility index (Phi) is 6.07. The average molecular weight is 307 g/mol. The molecule has 0 unspecified atom stereocenters. The van der Waals surface area contributed by atoms with Crippen molar-refractivity contribution in [2.24, 2.45) is 5.92 Å². The van der Waals surface area contributed by atoms with Crippen molar-refractivity contribution in [1.82, 2.24) is 4.90 Å². The van der Waals surface area contributed by atoms with E-state index >= 15 is 0 Å². The average Bonchev–Trinajstić information content (AvgIpc) is 2.55. The first kappa shape index (κ1) is 16.6. The van der Waals surface area contributed by atoms with Crippen LogP contribution in [-0.2, 0) is 9.53 Å². The minimum Gasteiger partial charge on any atom is -0.469 e. The maximum absolute atomic E-state index is 12.8. The number of carbonyl (C=O) groups excluding carboxylic acids is 2. The first-order valence-corrected chi connectivity index (χ1v) is 7.69. The Bertz CT molecular complexity index is 507. The summed E-state index contributed by atoms with van der Waals surface area (Å²) in [6, 6.07) is 5.68. The number of esters is 1. The first-order valence-electron chi connectivity index (χ1n) is 7.69. The van der Waals surface area contributed by atoms with Gasteiger partial charge in [-0.25, -0.2) is 4.39 Å². The molecule has 0 bridgehead atoms. The van der Waals surface area contributed by atoms with Crippen molar-refractivity contribution in [2.75, 3.05) is 26.7 Å². The van der Waals surface area contributed by atoms with E-state index in [9.17, 15) is 14.0 Å². The van der Waals surface area contributed by atoms with Gasteiger partial charge in [0.2, 0.25) is 0 Å². The summed E-state index contributed by atoms with van der Waals surface area (Å²) in [6.45, 7) is 2.58. The minimum atomic E-state index is -0.329. The van der Waals surface area contributed by atoms with Crippen molar-refractivity contribution in [1.29, 1.82) is 0 Å². The normalized spacial score (nSPS) is 16.5. The number of piperidine rings is 1. The second kappa shape index (κ2) is 8.03. The van der Waals surface area contributed by atoms with E-state index in [0.29, 0.717) is 12.0 Å². The molecule has 0 amide bonds. The monoisotopic (exact) mass is 307 g/mol. The predicted octanol–water partition coefficient (Wildman–Crippen LogP) is 2.67. The molecule has 0 radical (unpaired) electrons. The van der Waals surface area contributed by atoms with Gasteiger partial charge in [-0.15, -0.1) is 0 Å². The standard InChI is InChI=1S/C17H22FNO3/c1-22-17(21)14-8-11-19(12-9-14)10-2-3-16(20)13-4-6-15(18)7-5-13/h4-7,14H,2-3,8-12H2,1H3. The summed E-state index contributed by atoms with van der Waals surface area (Å²) in [6.07, 6.45) is 2.87. The van der Waals surface area contributed by atoms with Crippen LogP contribution >= 0.6 is 0 Å². The summed E-state index contributed by atoms with van der Waals surface area (Å²) in [7, 11) is 1.43. The lowest BCUT2D eigenvalue weighted by Gasteiger charge is -2.30. The van der Waals surface area contributed by atoms with E-state index in [1.54, 1.807) is 0 Å². The predicted molar refractivity (Wildman–Crippen MR) is 81.1 cm³/mol. The highest BCUT2D eigenvalue weighted by atomic mass is 19.1. The zero-order valence-corrected chi connectivity index (χ0v) is 12.9. The molecular formula is C17H22FNO3. The third kappa shape index (κ3) is 4.63. The smallest absolute Gasteiger partial charge is 0.308 e. The third-order valence-corrected chi connectivity index (χ3v) is 4.17. The van der Waals surface area contributed by atoms with Crippen molar-refractivity contribution >= 4 is 11.8 Å². The topological polar surface area (TPSA) is 46.6 Å². The molecule has 1 aliphatic heterocycles. The van der Waals surface area contributed by atoms with Gasteiger partial charge in [-0.05, 0) is 63.2 Å². The van der Waals surface area contributed by atoms with Crippen molar-refractivity contribution in [3.8, 4) is 0 Å². The zero-order chi connectivity index (χ0) is 15.9. The molecule has 1 aliphatic rings. The van der Waals surface area contributed by atoms with Gasteiger partial charge >= 0.3 is 5.97 Å². The third-order valence-electron chi connectivity index (χ3n) is 4.17. The van der Waals surface area contributed by atoms with Crippen molar-refractivity contribution < 1.29 is 18.7 Å². The first-order chi connectivity index (χ1) is 10.6. The van der Waals surface area contributed by atoms with E-state index < -0.39 is 0 Å². The largest absolute Gasteiger partial charge is 0.469 e. The van der Waals surface area contributed by atoms with E-state index in [-0.39, 0.29) is 23.5 Å². The van der Waals surface area contributed by atoms with E-state index in [4.69, 9.17) is 4.74 Å². The van der Waals surface area contributed by atoms with Crippen LogP contribution < -0.4 is 0 Å². The fourth-order valence-corrected chi connectivity index (χ4v) is 2.80. The van der Waals surface area contributed by atoms with Gasteiger partial charge in [-0.1, -0.05) is 0 Å². The van der Waals surface area contributed by atoms with E-state index in [0.717, 1.165) is 38.9 Å². The fraction of sp³-hybridized carbons (Fsp3) is 0.529. The van der Waals surface area contributed by atoms with Crippen LogP contribution in [-0.4, -0.2) is 43.4 Å². The molecule has 0 aromatic heterocycles. The number of ether oxygens (including phenoxy) is 1. The van der Waals surface area contributed by atoms with Gasteiger partial charge in [0.15, 0.2) is 5.78 Å². The molecule has 0 spiro atoms. The molecule has 4 nitrogen and oxygen atoms in total. The minimum absolute atomic E-state index is 0.0158. The molecule has 0 atom stereocenters. The van der Waals surface area contributed by atoms with Gasteiger partial charge in [0.25, 0.3) is 0 Å². The Hall–Kier alpha value is -1.75. The lowest BCUT2D eigenvalue weighted by molar-refractivity contribution is -0.147. The van der Waals surface area contributed by atoms with Crippen LogP contribution in [0.3, 0.4) is 0 Å². The summed E-state index contributed by atoms with van der Waals surface area (Å²) in [4.78, 5) is 25.7. The Labute approximate surface area is 130 Å². The molecule has 1 saturated heterocycles. The molecule has 0 aliphatic carbocycles. The highest BCUT2D eigenvalue weighted by molar-refractivity contribution is 5.95. The number of Topliss-reactive ketones (excluding diaryl/α,β-unsaturated/α-hetero) is 1. The van der Waals surface area contributed by atoms with Crippen LogP contribution in [0.15, 0.2) is 24.3 Å². The van der Waals surface area contributed by atoms with Crippen molar-refractivity contribution in [3.63, 3.8) is 0 Å². The van der Waals surface area contributed by atoms with Gasteiger partial charge in [0.1, 0.15) is 5.82 Å². The Morgan fingerprint density at radius 2 is 1.86 bits per heavy atom. The number of nitrogens with zero attached hydrogens (tertiary/aromatic N) is 1. The Morgan fingerprint density at radius 3 is 2.45 bits per heavy atom. The number of likely N-dealkylation sites (tertiary alicyclic amines) is 1. The number of rotatable bonds is 6. The van der Waals surface area contributed by atoms with Gasteiger partial charge in [0.05, 0.1) is 13.0 Å². The molecule has 1 aromatic carbocycles.